The lowest BCUT2D eigenvalue weighted by Gasteiger charge is -2.11. The Labute approximate surface area is 81.9 Å². The molecule has 0 bridgehead atoms. The van der Waals surface area contributed by atoms with E-state index in [1.54, 1.807) is 0 Å². The third kappa shape index (κ3) is 2.32. The van der Waals surface area contributed by atoms with Gasteiger partial charge in [0.15, 0.2) is 17.8 Å². The van der Waals surface area contributed by atoms with Crippen molar-refractivity contribution in [3.63, 3.8) is 0 Å². The van der Waals surface area contributed by atoms with Crippen LogP contribution in [0.4, 0.5) is 0 Å². The van der Waals surface area contributed by atoms with Crippen molar-refractivity contribution in [2.45, 2.75) is 26.3 Å². The van der Waals surface area contributed by atoms with Crippen molar-refractivity contribution in [1.82, 2.24) is 4.98 Å². The Bertz CT molecular complexity index is 320. The Morgan fingerprint density at radius 2 is 2.36 bits per heavy atom. The van der Waals surface area contributed by atoms with Crippen molar-refractivity contribution < 1.29 is 14.3 Å². The van der Waals surface area contributed by atoms with Crippen molar-refractivity contribution >= 4 is 5.97 Å². The summed E-state index contributed by atoms with van der Waals surface area (Å²) in [6.45, 7) is 4.02. The topological polar surface area (TPSA) is 89.4 Å². The van der Waals surface area contributed by atoms with Gasteiger partial charge in [-0.25, -0.2) is 9.78 Å². The van der Waals surface area contributed by atoms with Crippen LogP contribution in [0.25, 0.3) is 0 Å². The van der Waals surface area contributed by atoms with Gasteiger partial charge in [-0.1, -0.05) is 13.8 Å². The van der Waals surface area contributed by atoms with E-state index in [0.717, 1.165) is 6.39 Å². The fourth-order valence-corrected chi connectivity index (χ4v) is 1.29. The molecule has 0 aromatic carbocycles. The van der Waals surface area contributed by atoms with E-state index < -0.39 is 12.0 Å². The van der Waals surface area contributed by atoms with E-state index >= 15 is 0 Å². The molecule has 1 atom stereocenters. The molecule has 0 amide bonds. The standard InChI is InChI=1S/C9H14N2O3/c1-5(2)3-6(10)8-7(9(12)13)11-4-14-8/h4-6H,3,10H2,1-2H3,(H,12,13)/t6-/m0/s1. The molecule has 0 radical (unpaired) electrons. The highest BCUT2D eigenvalue weighted by Crippen LogP contribution is 2.21. The minimum atomic E-state index is -1.10. The van der Waals surface area contributed by atoms with Crippen LogP contribution in [-0.2, 0) is 0 Å². The first kappa shape index (κ1) is 10.7. The van der Waals surface area contributed by atoms with Gasteiger partial charge in [-0.15, -0.1) is 0 Å². The van der Waals surface area contributed by atoms with Gasteiger partial charge in [-0.3, -0.25) is 0 Å². The Hall–Kier alpha value is -1.36. The molecule has 0 saturated carbocycles. The summed E-state index contributed by atoms with van der Waals surface area (Å²) in [5, 5.41) is 8.76. The van der Waals surface area contributed by atoms with E-state index in [1.807, 2.05) is 13.8 Å². The average molecular weight is 198 g/mol. The molecular formula is C9H14N2O3. The average Bonchev–Trinajstić information content (AvgIpc) is 2.49. The number of nitrogens with two attached hydrogens (primary N) is 1. The van der Waals surface area contributed by atoms with Crippen LogP contribution in [0.5, 0.6) is 0 Å². The number of nitrogens with zero attached hydrogens (tertiary/aromatic N) is 1. The molecule has 1 aromatic rings. The number of hydrogen-bond acceptors (Lipinski definition) is 4. The number of oxazole rings is 1. The molecule has 5 heteroatoms. The highest BCUT2D eigenvalue weighted by molar-refractivity contribution is 5.86. The van der Waals surface area contributed by atoms with Crippen molar-refractivity contribution in [1.29, 1.82) is 0 Å². The maximum atomic E-state index is 10.7. The minimum absolute atomic E-state index is 0.0850. The molecular weight excluding hydrogens is 184 g/mol. The molecule has 14 heavy (non-hydrogen) atoms. The molecule has 0 aliphatic heterocycles. The molecule has 0 aliphatic carbocycles. The second-order valence-electron chi connectivity index (χ2n) is 3.61. The van der Waals surface area contributed by atoms with E-state index in [2.05, 4.69) is 4.98 Å². The van der Waals surface area contributed by atoms with Gasteiger partial charge in [0.05, 0.1) is 6.04 Å². The zero-order valence-corrected chi connectivity index (χ0v) is 8.23. The molecule has 1 heterocycles. The van der Waals surface area contributed by atoms with Gasteiger partial charge in [0, 0.05) is 0 Å². The summed E-state index contributed by atoms with van der Waals surface area (Å²) in [7, 11) is 0. The molecule has 0 saturated heterocycles. The summed E-state index contributed by atoms with van der Waals surface area (Å²) in [5.74, 6) is -0.462. The third-order valence-electron chi connectivity index (χ3n) is 1.86. The molecule has 1 rings (SSSR count). The molecule has 0 fully saturated rings. The first-order valence-corrected chi connectivity index (χ1v) is 4.44. The van der Waals surface area contributed by atoms with Crippen LogP contribution < -0.4 is 5.73 Å². The molecule has 0 unspecified atom stereocenters. The number of aromatic nitrogens is 1. The normalized spacial score (nSPS) is 13.1. The van der Waals surface area contributed by atoms with Gasteiger partial charge in [0.1, 0.15) is 0 Å². The van der Waals surface area contributed by atoms with Crippen molar-refractivity contribution in [3.05, 3.63) is 17.8 Å². The summed E-state index contributed by atoms with van der Waals surface area (Å²) in [6.07, 6.45) is 1.79. The summed E-state index contributed by atoms with van der Waals surface area (Å²) >= 11 is 0. The first-order chi connectivity index (χ1) is 6.52. The van der Waals surface area contributed by atoms with Crippen LogP contribution in [0.3, 0.4) is 0 Å². The minimum Gasteiger partial charge on any atom is -0.476 e. The van der Waals surface area contributed by atoms with Crippen molar-refractivity contribution in [3.8, 4) is 0 Å². The van der Waals surface area contributed by atoms with E-state index in [0.29, 0.717) is 12.3 Å². The van der Waals surface area contributed by atoms with Crippen LogP contribution in [0, 0.1) is 5.92 Å². The summed E-state index contributed by atoms with van der Waals surface area (Å²) in [6, 6.07) is -0.399. The predicted octanol–water partition coefficient (Wildman–Crippen LogP) is 1.42. The quantitative estimate of drug-likeness (QED) is 0.763. The molecule has 0 spiro atoms. The Kier molecular flexibility index (Phi) is 3.24. The number of hydrogen-bond donors (Lipinski definition) is 2. The molecule has 1 aromatic heterocycles. The van der Waals surface area contributed by atoms with E-state index in [9.17, 15) is 4.79 Å². The highest BCUT2D eigenvalue weighted by atomic mass is 16.4. The maximum absolute atomic E-state index is 10.7. The second-order valence-corrected chi connectivity index (χ2v) is 3.61. The van der Waals surface area contributed by atoms with E-state index in [-0.39, 0.29) is 11.5 Å². The molecule has 78 valence electrons. The number of carboxylic acids is 1. The van der Waals surface area contributed by atoms with Gasteiger partial charge in [-0.2, -0.15) is 0 Å². The highest BCUT2D eigenvalue weighted by Gasteiger charge is 2.21. The predicted molar refractivity (Wildman–Crippen MR) is 49.8 cm³/mol. The van der Waals surface area contributed by atoms with Gasteiger partial charge in [0.25, 0.3) is 0 Å². The Morgan fingerprint density at radius 1 is 1.71 bits per heavy atom. The molecule has 3 N–H and O–H groups in total. The van der Waals surface area contributed by atoms with Crippen LogP contribution in [-0.4, -0.2) is 16.1 Å². The first-order valence-electron chi connectivity index (χ1n) is 4.44. The zero-order valence-electron chi connectivity index (χ0n) is 8.23. The third-order valence-corrected chi connectivity index (χ3v) is 1.86. The number of rotatable bonds is 4. The van der Waals surface area contributed by atoms with Crippen LogP contribution in [0.15, 0.2) is 10.8 Å². The van der Waals surface area contributed by atoms with Gasteiger partial charge in [0.2, 0.25) is 0 Å². The van der Waals surface area contributed by atoms with Gasteiger partial charge < -0.3 is 15.3 Å². The van der Waals surface area contributed by atoms with Gasteiger partial charge in [-0.05, 0) is 12.3 Å². The monoisotopic (exact) mass is 198 g/mol. The zero-order chi connectivity index (χ0) is 10.7. The SMILES string of the molecule is CC(C)C[C@H](N)c1ocnc1C(=O)O. The summed E-state index contributed by atoms with van der Waals surface area (Å²) < 4.78 is 4.97. The number of carboxylic acid groups (broad SMARTS) is 1. The molecule has 5 nitrogen and oxygen atoms in total. The number of carbonyl (C=O) groups is 1. The Morgan fingerprint density at radius 3 is 2.86 bits per heavy atom. The van der Waals surface area contributed by atoms with E-state index in [1.165, 1.54) is 0 Å². The maximum Gasteiger partial charge on any atom is 0.358 e. The van der Waals surface area contributed by atoms with Crippen LogP contribution >= 0.6 is 0 Å². The lowest BCUT2D eigenvalue weighted by molar-refractivity contribution is 0.0687. The fraction of sp³-hybridized carbons (Fsp3) is 0.556. The Balaban J connectivity index is 2.84. The lowest BCUT2D eigenvalue weighted by Crippen LogP contribution is -2.15. The van der Waals surface area contributed by atoms with Crippen molar-refractivity contribution in [2.24, 2.45) is 11.7 Å². The summed E-state index contributed by atoms with van der Waals surface area (Å²) in [5.41, 5.74) is 5.70. The van der Waals surface area contributed by atoms with E-state index in [4.69, 9.17) is 15.3 Å². The largest absolute Gasteiger partial charge is 0.476 e. The van der Waals surface area contributed by atoms with Crippen LogP contribution in [0.1, 0.15) is 42.6 Å². The lowest BCUT2D eigenvalue weighted by atomic mass is 10.0. The second kappa shape index (κ2) is 4.23. The van der Waals surface area contributed by atoms with Crippen molar-refractivity contribution in [2.75, 3.05) is 0 Å². The van der Waals surface area contributed by atoms with Crippen LogP contribution in [0.2, 0.25) is 0 Å². The van der Waals surface area contributed by atoms with Gasteiger partial charge >= 0.3 is 5.97 Å². The summed E-state index contributed by atoms with van der Waals surface area (Å²) in [4.78, 5) is 14.3. The smallest absolute Gasteiger partial charge is 0.358 e. The fourth-order valence-electron chi connectivity index (χ4n) is 1.29. The molecule has 0 aliphatic rings. The number of aromatic carboxylic acids is 1.